The molecule has 0 aromatic carbocycles. The van der Waals surface area contributed by atoms with E-state index in [1.807, 2.05) is 0 Å². The predicted molar refractivity (Wildman–Crippen MR) is 72.4 cm³/mol. The van der Waals surface area contributed by atoms with Crippen LogP contribution in [0.15, 0.2) is 17.5 Å². The molecule has 2 heterocycles. The Morgan fingerprint density at radius 2 is 2.24 bits per heavy atom. The molecule has 0 radical (unpaired) electrons. The van der Waals surface area contributed by atoms with E-state index in [1.165, 1.54) is 17.7 Å². The van der Waals surface area contributed by atoms with E-state index < -0.39 is 0 Å². The maximum absolute atomic E-state index is 9.96. The first-order valence-electron chi connectivity index (χ1n) is 6.43. The van der Waals surface area contributed by atoms with Gasteiger partial charge in [0, 0.05) is 24.0 Å². The van der Waals surface area contributed by atoms with Crippen molar-refractivity contribution in [1.29, 1.82) is 0 Å². The number of aliphatic hydroxyl groups is 1. The van der Waals surface area contributed by atoms with Crippen molar-refractivity contribution >= 4 is 11.3 Å². The van der Waals surface area contributed by atoms with Gasteiger partial charge in [-0.3, -0.25) is 0 Å². The molecule has 0 amide bonds. The Morgan fingerprint density at radius 1 is 1.47 bits per heavy atom. The molecule has 2 rings (SSSR count). The van der Waals surface area contributed by atoms with Gasteiger partial charge in [-0.2, -0.15) is 0 Å². The Hall–Kier alpha value is -0.420. The molecular weight excluding hydrogens is 232 g/mol. The summed E-state index contributed by atoms with van der Waals surface area (Å²) in [4.78, 5) is 3.68. The van der Waals surface area contributed by atoms with Crippen LogP contribution in [0.2, 0.25) is 0 Å². The van der Waals surface area contributed by atoms with Crippen molar-refractivity contribution in [3.05, 3.63) is 22.4 Å². The number of aliphatic hydroxyl groups excluding tert-OH is 1. The third-order valence-corrected chi connectivity index (χ3v) is 4.35. The lowest BCUT2D eigenvalue weighted by Gasteiger charge is -2.21. The number of β-amino-alcohol motifs (C(OH)–C–C–N with tert-alkyl or cyclic N) is 1. The second-order valence-corrected chi connectivity index (χ2v) is 5.79. The third kappa shape index (κ3) is 4.07. The SMILES string of the molecule is C[C@H](NCC(O)CN1CCCC1)c1cccs1. The fraction of sp³-hybridized carbons (Fsp3) is 0.692. The molecule has 1 unspecified atom stereocenters. The highest BCUT2D eigenvalue weighted by molar-refractivity contribution is 7.10. The second-order valence-electron chi connectivity index (χ2n) is 4.81. The summed E-state index contributed by atoms with van der Waals surface area (Å²) in [6, 6.07) is 4.54. The van der Waals surface area contributed by atoms with Crippen LogP contribution in [0.1, 0.15) is 30.7 Å². The van der Waals surface area contributed by atoms with Crippen LogP contribution in [0.25, 0.3) is 0 Å². The number of hydrogen-bond acceptors (Lipinski definition) is 4. The Morgan fingerprint density at radius 3 is 2.88 bits per heavy atom. The maximum atomic E-state index is 9.96. The quantitative estimate of drug-likeness (QED) is 0.813. The van der Waals surface area contributed by atoms with Crippen LogP contribution in [-0.2, 0) is 0 Å². The van der Waals surface area contributed by atoms with E-state index in [4.69, 9.17) is 0 Å². The van der Waals surface area contributed by atoms with Crippen LogP contribution < -0.4 is 5.32 Å². The smallest absolute Gasteiger partial charge is 0.0791 e. The molecule has 1 aliphatic heterocycles. The molecule has 0 aliphatic carbocycles. The topological polar surface area (TPSA) is 35.5 Å². The summed E-state index contributed by atoms with van der Waals surface area (Å²) < 4.78 is 0. The molecule has 2 atom stereocenters. The molecule has 4 heteroatoms. The summed E-state index contributed by atoms with van der Waals surface area (Å²) in [6.07, 6.45) is 2.31. The van der Waals surface area contributed by atoms with Gasteiger partial charge in [0.1, 0.15) is 0 Å². The number of nitrogens with zero attached hydrogens (tertiary/aromatic N) is 1. The average molecular weight is 254 g/mol. The lowest BCUT2D eigenvalue weighted by Crippen LogP contribution is -2.37. The lowest BCUT2D eigenvalue weighted by atomic mass is 10.2. The first kappa shape index (κ1) is 13.0. The van der Waals surface area contributed by atoms with Crippen molar-refractivity contribution in [3.8, 4) is 0 Å². The van der Waals surface area contributed by atoms with Crippen LogP contribution in [0, 0.1) is 0 Å². The van der Waals surface area contributed by atoms with E-state index in [1.54, 1.807) is 11.3 Å². The molecule has 1 aliphatic rings. The van der Waals surface area contributed by atoms with E-state index >= 15 is 0 Å². The molecular formula is C13H22N2OS. The summed E-state index contributed by atoms with van der Waals surface area (Å²) >= 11 is 1.76. The molecule has 17 heavy (non-hydrogen) atoms. The van der Waals surface area contributed by atoms with E-state index in [9.17, 15) is 5.11 Å². The largest absolute Gasteiger partial charge is 0.390 e. The Bertz CT molecular complexity index is 309. The standard InChI is InChI=1S/C13H22N2OS/c1-11(13-5-4-8-17-13)14-9-12(16)10-15-6-2-3-7-15/h4-5,8,11-12,14,16H,2-3,6-7,9-10H2,1H3/t11-,12?/m0/s1. The monoisotopic (exact) mass is 254 g/mol. The molecule has 1 fully saturated rings. The number of hydrogen-bond donors (Lipinski definition) is 2. The molecule has 0 bridgehead atoms. The minimum Gasteiger partial charge on any atom is -0.390 e. The first-order valence-corrected chi connectivity index (χ1v) is 7.31. The number of rotatable bonds is 6. The third-order valence-electron chi connectivity index (χ3n) is 3.30. The highest BCUT2D eigenvalue weighted by atomic mass is 32.1. The van der Waals surface area contributed by atoms with Crippen molar-refractivity contribution in [2.24, 2.45) is 0 Å². The lowest BCUT2D eigenvalue weighted by molar-refractivity contribution is 0.121. The maximum Gasteiger partial charge on any atom is 0.0791 e. The molecule has 1 aromatic rings. The molecule has 0 spiro atoms. The van der Waals surface area contributed by atoms with Crippen LogP contribution in [-0.4, -0.2) is 42.3 Å². The van der Waals surface area contributed by atoms with Gasteiger partial charge >= 0.3 is 0 Å². The van der Waals surface area contributed by atoms with Gasteiger partial charge in [-0.05, 0) is 44.3 Å². The van der Waals surface area contributed by atoms with Gasteiger partial charge in [0.25, 0.3) is 0 Å². The Kier molecular flexibility index (Phi) is 4.98. The van der Waals surface area contributed by atoms with Crippen molar-refractivity contribution < 1.29 is 5.11 Å². The number of likely N-dealkylation sites (tertiary alicyclic amines) is 1. The minimum atomic E-state index is -0.254. The van der Waals surface area contributed by atoms with Crippen LogP contribution >= 0.6 is 11.3 Å². The molecule has 96 valence electrons. The van der Waals surface area contributed by atoms with Crippen LogP contribution in [0.4, 0.5) is 0 Å². The molecule has 3 nitrogen and oxygen atoms in total. The molecule has 0 saturated carbocycles. The van der Waals surface area contributed by atoms with Gasteiger partial charge < -0.3 is 15.3 Å². The van der Waals surface area contributed by atoms with Gasteiger partial charge in [0.15, 0.2) is 0 Å². The highest BCUT2D eigenvalue weighted by Gasteiger charge is 2.16. The van der Waals surface area contributed by atoms with E-state index in [0.717, 1.165) is 19.6 Å². The Balaban J connectivity index is 1.66. The fourth-order valence-corrected chi connectivity index (χ4v) is 3.04. The zero-order chi connectivity index (χ0) is 12.1. The minimum absolute atomic E-state index is 0.254. The fourth-order valence-electron chi connectivity index (χ4n) is 2.28. The summed E-state index contributed by atoms with van der Waals surface area (Å²) in [5, 5.41) is 15.4. The van der Waals surface area contributed by atoms with Crippen molar-refractivity contribution in [1.82, 2.24) is 10.2 Å². The second kappa shape index (κ2) is 6.50. The number of thiophene rings is 1. The number of nitrogens with one attached hydrogen (secondary N) is 1. The summed E-state index contributed by atoms with van der Waals surface area (Å²) in [5.74, 6) is 0. The van der Waals surface area contributed by atoms with Gasteiger partial charge in [0.2, 0.25) is 0 Å². The van der Waals surface area contributed by atoms with Crippen molar-refractivity contribution in [3.63, 3.8) is 0 Å². The van der Waals surface area contributed by atoms with E-state index in [-0.39, 0.29) is 6.10 Å². The van der Waals surface area contributed by atoms with Gasteiger partial charge in [-0.15, -0.1) is 11.3 Å². The average Bonchev–Trinajstić information content (AvgIpc) is 2.97. The van der Waals surface area contributed by atoms with Crippen molar-refractivity contribution in [2.45, 2.75) is 31.9 Å². The molecule has 1 saturated heterocycles. The van der Waals surface area contributed by atoms with Gasteiger partial charge in [-0.25, -0.2) is 0 Å². The van der Waals surface area contributed by atoms with Crippen molar-refractivity contribution in [2.75, 3.05) is 26.2 Å². The highest BCUT2D eigenvalue weighted by Crippen LogP contribution is 2.17. The van der Waals surface area contributed by atoms with Gasteiger partial charge in [-0.1, -0.05) is 6.07 Å². The van der Waals surface area contributed by atoms with E-state index in [2.05, 4.69) is 34.7 Å². The predicted octanol–water partition coefficient (Wildman–Crippen LogP) is 1.86. The van der Waals surface area contributed by atoms with Crippen LogP contribution in [0.5, 0.6) is 0 Å². The van der Waals surface area contributed by atoms with Gasteiger partial charge in [0.05, 0.1) is 6.10 Å². The van der Waals surface area contributed by atoms with Crippen LogP contribution in [0.3, 0.4) is 0 Å². The summed E-state index contributed by atoms with van der Waals surface area (Å²) in [5.41, 5.74) is 0. The summed E-state index contributed by atoms with van der Waals surface area (Å²) in [6.45, 7) is 5.93. The molecule has 2 N–H and O–H groups in total. The first-order chi connectivity index (χ1) is 8.25. The zero-order valence-electron chi connectivity index (χ0n) is 10.4. The molecule has 1 aromatic heterocycles. The Labute approximate surface area is 107 Å². The van der Waals surface area contributed by atoms with E-state index in [0.29, 0.717) is 12.6 Å². The zero-order valence-corrected chi connectivity index (χ0v) is 11.2. The summed E-state index contributed by atoms with van der Waals surface area (Å²) in [7, 11) is 0. The normalized spacial score (nSPS) is 20.6.